The normalized spacial score (nSPS) is 10.3. The van der Waals surface area contributed by atoms with Crippen LogP contribution in [0.3, 0.4) is 0 Å². The van der Waals surface area contributed by atoms with Gasteiger partial charge in [-0.25, -0.2) is 0 Å². The number of anilines is 1. The predicted molar refractivity (Wildman–Crippen MR) is 85.9 cm³/mol. The topological polar surface area (TPSA) is 29.1 Å². The lowest BCUT2D eigenvalue weighted by atomic mass is 10.1. The van der Waals surface area contributed by atoms with Gasteiger partial charge in [-0.2, -0.15) is 0 Å². The summed E-state index contributed by atoms with van der Waals surface area (Å²) in [5, 5.41) is 3.65. The molecule has 2 aromatic rings. The molecule has 19 heavy (non-hydrogen) atoms. The van der Waals surface area contributed by atoms with Crippen molar-refractivity contribution in [2.45, 2.75) is 12.3 Å². The maximum atomic E-state index is 12.3. The molecular weight excluding hydrogens is 370 g/mol. The fourth-order valence-electron chi connectivity index (χ4n) is 1.75. The molecule has 98 valence electrons. The van der Waals surface area contributed by atoms with E-state index in [2.05, 4.69) is 37.2 Å². The van der Waals surface area contributed by atoms with Crippen LogP contribution in [0.4, 0.5) is 5.69 Å². The highest BCUT2D eigenvalue weighted by Crippen LogP contribution is 2.22. The summed E-state index contributed by atoms with van der Waals surface area (Å²) in [4.78, 5) is 12.3. The molecule has 0 saturated carbocycles. The van der Waals surface area contributed by atoms with Crippen LogP contribution in [0.25, 0.3) is 0 Å². The highest BCUT2D eigenvalue weighted by molar-refractivity contribution is 9.10. The van der Waals surface area contributed by atoms with Crippen LogP contribution in [0, 0.1) is 6.92 Å². The molecule has 2 nitrogen and oxygen atoms in total. The zero-order valence-electron chi connectivity index (χ0n) is 10.4. The smallest absolute Gasteiger partial charge is 0.256 e. The van der Waals surface area contributed by atoms with E-state index < -0.39 is 0 Å². The van der Waals surface area contributed by atoms with Crippen LogP contribution in [0.2, 0.25) is 0 Å². The van der Waals surface area contributed by atoms with Crippen LogP contribution >= 0.6 is 31.9 Å². The number of benzene rings is 2. The largest absolute Gasteiger partial charge is 0.322 e. The van der Waals surface area contributed by atoms with Crippen LogP contribution in [-0.2, 0) is 5.33 Å². The zero-order valence-corrected chi connectivity index (χ0v) is 13.6. The minimum Gasteiger partial charge on any atom is -0.322 e. The number of halogens is 2. The van der Waals surface area contributed by atoms with Crippen molar-refractivity contribution in [1.82, 2.24) is 0 Å². The lowest BCUT2D eigenvalue weighted by Crippen LogP contribution is -2.13. The second-order valence-electron chi connectivity index (χ2n) is 4.23. The van der Waals surface area contributed by atoms with E-state index in [1.165, 1.54) is 0 Å². The highest BCUT2D eigenvalue weighted by atomic mass is 79.9. The van der Waals surface area contributed by atoms with Gasteiger partial charge in [-0.05, 0) is 52.2 Å². The first kappa shape index (κ1) is 14.3. The van der Waals surface area contributed by atoms with Crippen LogP contribution in [0.15, 0.2) is 46.9 Å². The van der Waals surface area contributed by atoms with Gasteiger partial charge < -0.3 is 5.32 Å². The maximum Gasteiger partial charge on any atom is 0.256 e. The molecule has 0 saturated heterocycles. The van der Waals surface area contributed by atoms with Crippen molar-refractivity contribution >= 4 is 43.5 Å². The maximum absolute atomic E-state index is 12.3. The second kappa shape index (κ2) is 6.35. The van der Waals surface area contributed by atoms with Crippen LogP contribution in [-0.4, -0.2) is 5.91 Å². The van der Waals surface area contributed by atoms with Gasteiger partial charge in [0.1, 0.15) is 0 Å². The van der Waals surface area contributed by atoms with Crippen molar-refractivity contribution in [3.05, 3.63) is 63.6 Å². The summed E-state index contributed by atoms with van der Waals surface area (Å²) < 4.78 is 0.807. The number of alkyl halides is 1. The summed E-state index contributed by atoms with van der Waals surface area (Å²) in [6.45, 7) is 1.99. The number of aryl methyl sites for hydroxylation is 1. The summed E-state index contributed by atoms with van der Waals surface area (Å²) in [6.07, 6.45) is 0. The first-order chi connectivity index (χ1) is 9.11. The second-order valence-corrected chi connectivity index (χ2v) is 5.64. The molecule has 0 bridgehead atoms. The Morgan fingerprint density at radius 1 is 1.21 bits per heavy atom. The Morgan fingerprint density at radius 2 is 1.95 bits per heavy atom. The molecule has 1 N–H and O–H groups in total. The molecule has 4 heteroatoms. The molecule has 0 aliphatic carbocycles. The summed E-state index contributed by atoms with van der Waals surface area (Å²) in [5.41, 5.74) is 3.63. The third-order valence-corrected chi connectivity index (χ3v) is 4.04. The molecular formula is C15H13Br2NO. The number of carbonyl (C=O) groups is 1. The van der Waals surface area contributed by atoms with Crippen molar-refractivity contribution in [3.8, 4) is 0 Å². The fraction of sp³-hybridized carbons (Fsp3) is 0.133. The molecule has 0 unspecified atom stereocenters. The first-order valence-electron chi connectivity index (χ1n) is 5.83. The van der Waals surface area contributed by atoms with E-state index in [9.17, 15) is 4.79 Å². The molecule has 2 rings (SSSR count). The average molecular weight is 383 g/mol. The van der Waals surface area contributed by atoms with Crippen LogP contribution in [0.5, 0.6) is 0 Å². The predicted octanol–water partition coefficient (Wildman–Crippen LogP) is 4.90. The Labute approximate surface area is 129 Å². The minimum absolute atomic E-state index is 0.111. The molecule has 0 aliphatic heterocycles. The summed E-state index contributed by atoms with van der Waals surface area (Å²) in [7, 11) is 0. The summed E-state index contributed by atoms with van der Waals surface area (Å²) in [6, 6.07) is 13.4. The van der Waals surface area contributed by atoms with E-state index in [0.29, 0.717) is 10.9 Å². The summed E-state index contributed by atoms with van der Waals surface area (Å²) in [5.74, 6) is -0.111. The zero-order chi connectivity index (χ0) is 13.8. The van der Waals surface area contributed by atoms with Crippen molar-refractivity contribution in [3.63, 3.8) is 0 Å². The first-order valence-corrected chi connectivity index (χ1v) is 7.74. The Bertz CT molecular complexity index is 611. The lowest BCUT2D eigenvalue weighted by molar-refractivity contribution is 0.102. The number of rotatable bonds is 3. The van der Waals surface area contributed by atoms with Gasteiger partial charge in [0.05, 0.1) is 5.56 Å². The summed E-state index contributed by atoms with van der Waals surface area (Å²) >= 11 is 6.84. The molecule has 1 amide bonds. The Kier molecular flexibility index (Phi) is 4.77. The third kappa shape index (κ3) is 3.45. The molecule has 0 fully saturated rings. The molecule has 0 radical (unpaired) electrons. The van der Waals surface area contributed by atoms with Gasteiger partial charge in [0.25, 0.3) is 5.91 Å². The number of carbonyl (C=O) groups excluding carboxylic acids is 1. The van der Waals surface area contributed by atoms with Gasteiger partial charge in [0.2, 0.25) is 0 Å². The van der Waals surface area contributed by atoms with Crippen molar-refractivity contribution < 1.29 is 4.79 Å². The van der Waals surface area contributed by atoms with E-state index in [1.54, 1.807) is 0 Å². The minimum atomic E-state index is -0.111. The highest BCUT2D eigenvalue weighted by Gasteiger charge is 2.11. The average Bonchev–Trinajstić information content (AvgIpc) is 2.39. The van der Waals surface area contributed by atoms with Gasteiger partial charge in [0, 0.05) is 15.5 Å². The molecule has 2 aromatic carbocycles. The lowest BCUT2D eigenvalue weighted by Gasteiger charge is -2.10. The monoisotopic (exact) mass is 381 g/mol. The molecule has 0 aromatic heterocycles. The fourth-order valence-corrected chi connectivity index (χ4v) is 2.91. The van der Waals surface area contributed by atoms with Gasteiger partial charge in [-0.1, -0.05) is 40.2 Å². The SMILES string of the molecule is Cc1ccc(C(=O)Nc2ccccc2CBr)c(Br)c1. The van der Waals surface area contributed by atoms with E-state index >= 15 is 0 Å². The Morgan fingerprint density at radius 3 is 2.63 bits per heavy atom. The quantitative estimate of drug-likeness (QED) is 0.751. The van der Waals surface area contributed by atoms with E-state index in [0.717, 1.165) is 21.3 Å². The number of hydrogen-bond donors (Lipinski definition) is 1. The number of hydrogen-bond acceptors (Lipinski definition) is 1. The standard InChI is InChI=1S/C15H13Br2NO/c1-10-6-7-12(13(17)8-10)15(19)18-14-5-3-2-4-11(14)9-16/h2-8H,9H2,1H3,(H,18,19). The van der Waals surface area contributed by atoms with E-state index in [1.807, 2.05) is 49.4 Å². The van der Waals surface area contributed by atoms with Gasteiger partial charge in [-0.3, -0.25) is 4.79 Å². The van der Waals surface area contributed by atoms with Gasteiger partial charge in [-0.15, -0.1) is 0 Å². The number of para-hydroxylation sites is 1. The van der Waals surface area contributed by atoms with Crippen molar-refractivity contribution in [2.24, 2.45) is 0 Å². The van der Waals surface area contributed by atoms with Crippen LogP contribution in [0.1, 0.15) is 21.5 Å². The van der Waals surface area contributed by atoms with Crippen molar-refractivity contribution in [1.29, 1.82) is 0 Å². The van der Waals surface area contributed by atoms with Gasteiger partial charge in [0.15, 0.2) is 0 Å². The molecule has 0 heterocycles. The van der Waals surface area contributed by atoms with E-state index in [4.69, 9.17) is 0 Å². The Balaban J connectivity index is 2.26. The molecule has 0 atom stereocenters. The number of amides is 1. The van der Waals surface area contributed by atoms with E-state index in [-0.39, 0.29) is 5.91 Å². The molecule has 0 aliphatic rings. The number of nitrogens with one attached hydrogen (secondary N) is 1. The third-order valence-electron chi connectivity index (χ3n) is 2.78. The van der Waals surface area contributed by atoms with Crippen LogP contribution < -0.4 is 5.32 Å². The van der Waals surface area contributed by atoms with Crippen molar-refractivity contribution in [2.75, 3.05) is 5.32 Å². The Hall–Kier alpha value is -1.13. The van der Waals surface area contributed by atoms with Gasteiger partial charge >= 0.3 is 0 Å². The molecule has 0 spiro atoms.